The summed E-state index contributed by atoms with van der Waals surface area (Å²) in [6.07, 6.45) is 6.78. The Balaban J connectivity index is 1.98. The van der Waals surface area contributed by atoms with Crippen LogP contribution in [0.15, 0.2) is 0 Å². The number of nitrogens with one attached hydrogen (secondary N) is 2. The average Bonchev–Trinajstić information content (AvgIpc) is 2.39. The fraction of sp³-hybridized carbons (Fsp3) is 1.00. The van der Waals surface area contributed by atoms with Crippen molar-refractivity contribution in [1.82, 2.24) is 10.6 Å². The van der Waals surface area contributed by atoms with Gasteiger partial charge in [-0.15, -0.1) is 0 Å². The summed E-state index contributed by atoms with van der Waals surface area (Å²) in [4.78, 5) is 0. The first kappa shape index (κ1) is 6.62. The zero-order valence-corrected chi connectivity index (χ0v) is 6.45. The summed E-state index contributed by atoms with van der Waals surface area (Å²) in [5, 5.41) is 7.17. The van der Waals surface area contributed by atoms with Gasteiger partial charge < -0.3 is 0 Å². The van der Waals surface area contributed by atoms with Gasteiger partial charge in [-0.25, -0.2) is 0 Å². The van der Waals surface area contributed by atoms with E-state index in [0.29, 0.717) is 5.66 Å². The Morgan fingerprint density at radius 3 is 2.00 bits per heavy atom. The number of rotatable bonds is 0. The van der Waals surface area contributed by atoms with E-state index >= 15 is 0 Å². The molecule has 0 radical (unpaired) electrons. The van der Waals surface area contributed by atoms with Crippen LogP contribution in [0.4, 0.5) is 0 Å². The van der Waals surface area contributed by atoms with Gasteiger partial charge in [0, 0.05) is 0 Å². The lowest BCUT2D eigenvalue weighted by molar-refractivity contribution is 0.227. The van der Waals surface area contributed by atoms with Gasteiger partial charge in [0.05, 0.1) is 5.66 Å². The zero-order chi connectivity index (χ0) is 6.86. The third-order valence-corrected chi connectivity index (χ3v) is 2.74. The Hall–Kier alpha value is -0.0800. The Bertz CT molecular complexity index is 108. The fourth-order valence-corrected chi connectivity index (χ4v) is 2.14. The van der Waals surface area contributed by atoms with E-state index in [1.54, 1.807) is 0 Å². The summed E-state index contributed by atoms with van der Waals surface area (Å²) < 4.78 is 0. The first-order valence-electron chi connectivity index (χ1n) is 4.41. The molecule has 0 atom stereocenters. The van der Waals surface area contributed by atoms with Gasteiger partial charge >= 0.3 is 0 Å². The molecule has 2 N–H and O–H groups in total. The Morgan fingerprint density at radius 2 is 1.40 bits per heavy atom. The molecule has 1 heterocycles. The van der Waals surface area contributed by atoms with Crippen LogP contribution in [-0.4, -0.2) is 18.8 Å². The standard InChI is InChI=1S/C8H16N2/c1-2-5-8(4-1)9-6-3-7-10-8/h9-10H,1-7H2. The van der Waals surface area contributed by atoms with Crippen LogP contribution in [0.25, 0.3) is 0 Å². The highest BCUT2D eigenvalue weighted by atomic mass is 15.2. The van der Waals surface area contributed by atoms with Crippen molar-refractivity contribution in [2.24, 2.45) is 0 Å². The molecule has 0 aromatic rings. The molecule has 10 heavy (non-hydrogen) atoms. The molecular weight excluding hydrogens is 124 g/mol. The molecule has 1 saturated carbocycles. The summed E-state index contributed by atoms with van der Waals surface area (Å²) in [7, 11) is 0. The highest BCUT2D eigenvalue weighted by Gasteiger charge is 2.33. The lowest BCUT2D eigenvalue weighted by atomic mass is 10.1. The molecule has 1 spiro atoms. The molecule has 0 aromatic heterocycles. The fourth-order valence-electron chi connectivity index (χ4n) is 2.14. The minimum atomic E-state index is 0.373. The van der Waals surface area contributed by atoms with Crippen LogP contribution in [-0.2, 0) is 0 Å². The van der Waals surface area contributed by atoms with Gasteiger partial charge in [-0.05, 0) is 32.4 Å². The van der Waals surface area contributed by atoms with Crippen molar-refractivity contribution in [2.75, 3.05) is 13.1 Å². The molecule has 58 valence electrons. The maximum Gasteiger partial charge on any atom is 0.0687 e. The largest absolute Gasteiger partial charge is 0.299 e. The van der Waals surface area contributed by atoms with Gasteiger partial charge in [-0.1, -0.05) is 12.8 Å². The predicted molar refractivity (Wildman–Crippen MR) is 41.8 cm³/mol. The molecule has 0 aromatic carbocycles. The smallest absolute Gasteiger partial charge is 0.0687 e. The van der Waals surface area contributed by atoms with Crippen molar-refractivity contribution in [1.29, 1.82) is 0 Å². The second kappa shape index (κ2) is 2.51. The van der Waals surface area contributed by atoms with Crippen LogP contribution >= 0.6 is 0 Å². The molecular formula is C8H16N2. The highest BCUT2D eigenvalue weighted by molar-refractivity contribution is 4.92. The monoisotopic (exact) mass is 140 g/mol. The zero-order valence-electron chi connectivity index (χ0n) is 6.45. The van der Waals surface area contributed by atoms with Gasteiger partial charge in [0.2, 0.25) is 0 Å². The quantitative estimate of drug-likeness (QED) is 0.521. The number of hydrogen-bond acceptors (Lipinski definition) is 2. The molecule has 2 heteroatoms. The van der Waals surface area contributed by atoms with E-state index in [1.807, 2.05) is 0 Å². The van der Waals surface area contributed by atoms with E-state index in [-0.39, 0.29) is 0 Å². The molecule has 0 bridgehead atoms. The summed E-state index contributed by atoms with van der Waals surface area (Å²) in [6, 6.07) is 0. The lowest BCUT2D eigenvalue weighted by Gasteiger charge is -2.35. The van der Waals surface area contributed by atoms with Crippen molar-refractivity contribution in [3.05, 3.63) is 0 Å². The van der Waals surface area contributed by atoms with E-state index in [1.165, 1.54) is 45.2 Å². The second-order valence-corrected chi connectivity index (χ2v) is 3.50. The maximum atomic E-state index is 3.58. The Labute approximate surface area is 62.4 Å². The molecule has 2 nitrogen and oxygen atoms in total. The van der Waals surface area contributed by atoms with Crippen LogP contribution < -0.4 is 10.6 Å². The topological polar surface area (TPSA) is 24.1 Å². The molecule has 2 rings (SSSR count). The van der Waals surface area contributed by atoms with E-state index < -0.39 is 0 Å². The van der Waals surface area contributed by atoms with E-state index in [0.717, 1.165) is 0 Å². The van der Waals surface area contributed by atoms with Crippen molar-refractivity contribution in [3.63, 3.8) is 0 Å². The van der Waals surface area contributed by atoms with Crippen molar-refractivity contribution < 1.29 is 0 Å². The molecule has 2 aliphatic rings. The van der Waals surface area contributed by atoms with Crippen LogP contribution in [0.5, 0.6) is 0 Å². The molecule has 1 aliphatic heterocycles. The predicted octanol–water partition coefficient (Wildman–Crippen LogP) is 0.840. The summed E-state index contributed by atoms with van der Waals surface area (Å²) in [5.74, 6) is 0. The van der Waals surface area contributed by atoms with Crippen molar-refractivity contribution in [3.8, 4) is 0 Å². The van der Waals surface area contributed by atoms with Crippen molar-refractivity contribution >= 4 is 0 Å². The normalized spacial score (nSPS) is 31.2. The maximum absolute atomic E-state index is 3.58. The number of hydrogen-bond donors (Lipinski definition) is 2. The third-order valence-electron chi connectivity index (χ3n) is 2.74. The van der Waals surface area contributed by atoms with Gasteiger partial charge in [0.15, 0.2) is 0 Å². The summed E-state index contributed by atoms with van der Waals surface area (Å²) >= 11 is 0. The first-order valence-corrected chi connectivity index (χ1v) is 4.41. The summed E-state index contributed by atoms with van der Waals surface area (Å²) in [5.41, 5.74) is 0.373. The average molecular weight is 140 g/mol. The van der Waals surface area contributed by atoms with Crippen LogP contribution in [0, 0.1) is 0 Å². The molecule has 1 saturated heterocycles. The molecule has 1 aliphatic carbocycles. The molecule has 0 amide bonds. The van der Waals surface area contributed by atoms with E-state index in [4.69, 9.17) is 0 Å². The summed E-state index contributed by atoms with van der Waals surface area (Å²) in [6.45, 7) is 2.43. The van der Waals surface area contributed by atoms with Gasteiger partial charge in [0.25, 0.3) is 0 Å². The minimum absolute atomic E-state index is 0.373. The van der Waals surface area contributed by atoms with Crippen LogP contribution in [0.1, 0.15) is 32.1 Å². The van der Waals surface area contributed by atoms with Gasteiger partial charge in [0.1, 0.15) is 0 Å². The first-order chi connectivity index (χ1) is 4.91. The van der Waals surface area contributed by atoms with Gasteiger partial charge in [-0.3, -0.25) is 10.6 Å². The van der Waals surface area contributed by atoms with Crippen LogP contribution in [0.2, 0.25) is 0 Å². The Morgan fingerprint density at radius 1 is 0.800 bits per heavy atom. The van der Waals surface area contributed by atoms with E-state index in [2.05, 4.69) is 10.6 Å². The Kier molecular flexibility index (Phi) is 1.66. The van der Waals surface area contributed by atoms with Crippen LogP contribution in [0.3, 0.4) is 0 Å². The van der Waals surface area contributed by atoms with E-state index in [9.17, 15) is 0 Å². The highest BCUT2D eigenvalue weighted by Crippen LogP contribution is 2.28. The minimum Gasteiger partial charge on any atom is -0.299 e. The molecule has 0 unspecified atom stereocenters. The lowest BCUT2D eigenvalue weighted by Crippen LogP contribution is -2.59. The molecule has 2 fully saturated rings. The SMILES string of the molecule is C1CNC2(CCCC2)NC1. The third kappa shape index (κ3) is 1.06. The van der Waals surface area contributed by atoms with Crippen molar-refractivity contribution in [2.45, 2.75) is 37.8 Å². The van der Waals surface area contributed by atoms with Gasteiger partial charge in [-0.2, -0.15) is 0 Å². The second-order valence-electron chi connectivity index (χ2n) is 3.50.